The molecule has 1 amide bonds. The summed E-state index contributed by atoms with van der Waals surface area (Å²) in [5.74, 6) is 0.735. The highest BCUT2D eigenvalue weighted by molar-refractivity contribution is 7.91. The molecule has 21 heavy (non-hydrogen) atoms. The van der Waals surface area contributed by atoms with Gasteiger partial charge in [-0.2, -0.15) is 0 Å². The zero-order valence-electron chi connectivity index (χ0n) is 12.5. The molecule has 1 aromatic rings. The molecule has 0 aromatic heterocycles. The maximum Gasteiger partial charge on any atom is 0.220 e. The molecule has 0 aliphatic heterocycles. The number of sulfone groups is 1. The van der Waals surface area contributed by atoms with E-state index >= 15 is 0 Å². The summed E-state index contributed by atoms with van der Waals surface area (Å²) >= 11 is 0. The maximum atomic E-state index is 11.8. The van der Waals surface area contributed by atoms with Gasteiger partial charge in [-0.05, 0) is 36.5 Å². The van der Waals surface area contributed by atoms with E-state index in [1.54, 1.807) is 31.2 Å². The minimum Gasteiger partial charge on any atom is -0.352 e. The Labute approximate surface area is 126 Å². The fourth-order valence-electron chi connectivity index (χ4n) is 2.73. The summed E-state index contributed by atoms with van der Waals surface area (Å²) in [6.07, 6.45) is 5.42. The molecule has 0 heterocycles. The number of amides is 1. The summed E-state index contributed by atoms with van der Waals surface area (Å²) in [5, 5.41) is 2.91. The molecule has 2 rings (SSSR count). The van der Waals surface area contributed by atoms with Gasteiger partial charge in [0.25, 0.3) is 0 Å². The summed E-state index contributed by atoms with van der Waals surface area (Å²) in [4.78, 5) is 12.2. The molecule has 0 atom stereocenters. The van der Waals surface area contributed by atoms with Gasteiger partial charge >= 0.3 is 0 Å². The second-order valence-corrected chi connectivity index (χ2v) is 7.96. The molecule has 0 saturated heterocycles. The highest BCUT2D eigenvalue weighted by Crippen LogP contribution is 2.27. The average molecular weight is 309 g/mol. The molecule has 1 saturated carbocycles. The number of nitrogens with one attached hydrogen (secondary N) is 1. The number of benzene rings is 1. The number of hydrogen-bond acceptors (Lipinski definition) is 3. The molecule has 116 valence electrons. The van der Waals surface area contributed by atoms with Crippen LogP contribution in [0.5, 0.6) is 0 Å². The molecule has 1 aliphatic carbocycles. The average Bonchev–Trinajstić information content (AvgIpc) is 2.98. The first-order chi connectivity index (χ1) is 10.0. The Hall–Kier alpha value is -1.36. The largest absolute Gasteiger partial charge is 0.352 e. The van der Waals surface area contributed by atoms with E-state index in [9.17, 15) is 13.2 Å². The second kappa shape index (κ2) is 7.07. The van der Waals surface area contributed by atoms with Gasteiger partial charge in [0.1, 0.15) is 0 Å². The van der Waals surface area contributed by atoms with Crippen LogP contribution in [-0.2, 0) is 21.2 Å². The van der Waals surface area contributed by atoms with Crippen LogP contribution in [0.2, 0.25) is 0 Å². The van der Waals surface area contributed by atoms with Crippen LogP contribution in [0, 0.1) is 5.92 Å². The molecular formula is C16H23NO3S. The molecule has 1 aliphatic rings. The monoisotopic (exact) mass is 309 g/mol. The zero-order chi connectivity index (χ0) is 15.3. The topological polar surface area (TPSA) is 63.2 Å². The Morgan fingerprint density at radius 2 is 1.81 bits per heavy atom. The van der Waals surface area contributed by atoms with Gasteiger partial charge in [0.15, 0.2) is 9.84 Å². The van der Waals surface area contributed by atoms with Crippen molar-refractivity contribution in [2.45, 2.75) is 50.5 Å². The van der Waals surface area contributed by atoms with E-state index in [1.165, 1.54) is 12.8 Å². The first-order valence-corrected chi connectivity index (χ1v) is 9.25. The van der Waals surface area contributed by atoms with Gasteiger partial charge in [-0.3, -0.25) is 4.79 Å². The summed E-state index contributed by atoms with van der Waals surface area (Å²) in [6, 6.07) is 6.74. The molecule has 0 unspecified atom stereocenters. The predicted molar refractivity (Wildman–Crippen MR) is 82.6 cm³/mol. The quantitative estimate of drug-likeness (QED) is 0.878. The smallest absolute Gasteiger partial charge is 0.220 e. The van der Waals surface area contributed by atoms with E-state index in [0.717, 1.165) is 18.4 Å². The summed E-state index contributed by atoms with van der Waals surface area (Å²) in [7, 11) is -3.15. The third-order valence-electron chi connectivity index (χ3n) is 4.10. The molecule has 1 N–H and O–H groups in total. The van der Waals surface area contributed by atoms with Gasteiger partial charge in [0, 0.05) is 13.0 Å². The lowest BCUT2D eigenvalue weighted by Gasteiger charge is -2.10. The SMILES string of the molecule is CCS(=O)(=O)c1ccc(CNC(=O)CC2CCCC2)cc1. The molecule has 1 aromatic carbocycles. The van der Waals surface area contributed by atoms with Gasteiger partial charge in [-0.1, -0.05) is 31.9 Å². The Morgan fingerprint density at radius 1 is 1.19 bits per heavy atom. The van der Waals surface area contributed by atoms with Crippen LogP contribution in [0.3, 0.4) is 0 Å². The van der Waals surface area contributed by atoms with E-state index in [2.05, 4.69) is 5.32 Å². The van der Waals surface area contributed by atoms with Crippen molar-refractivity contribution in [3.8, 4) is 0 Å². The van der Waals surface area contributed by atoms with Crippen molar-refractivity contribution in [2.24, 2.45) is 5.92 Å². The molecule has 5 heteroatoms. The van der Waals surface area contributed by atoms with Gasteiger partial charge in [-0.15, -0.1) is 0 Å². The first-order valence-electron chi connectivity index (χ1n) is 7.59. The lowest BCUT2D eigenvalue weighted by Crippen LogP contribution is -2.24. The van der Waals surface area contributed by atoms with E-state index in [1.807, 2.05) is 0 Å². The van der Waals surface area contributed by atoms with E-state index < -0.39 is 9.84 Å². The van der Waals surface area contributed by atoms with Crippen LogP contribution in [0.1, 0.15) is 44.6 Å². The fraction of sp³-hybridized carbons (Fsp3) is 0.562. The number of carbonyl (C=O) groups is 1. The van der Waals surface area contributed by atoms with Gasteiger partial charge in [0.05, 0.1) is 10.6 Å². The van der Waals surface area contributed by atoms with Crippen molar-refractivity contribution in [3.63, 3.8) is 0 Å². The number of carbonyl (C=O) groups excluding carboxylic acids is 1. The van der Waals surface area contributed by atoms with Crippen LogP contribution in [0.25, 0.3) is 0 Å². The normalized spacial score (nSPS) is 16.0. The van der Waals surface area contributed by atoms with Crippen LogP contribution in [0.15, 0.2) is 29.2 Å². The van der Waals surface area contributed by atoms with E-state index in [4.69, 9.17) is 0 Å². The van der Waals surface area contributed by atoms with Gasteiger partial charge in [-0.25, -0.2) is 8.42 Å². The van der Waals surface area contributed by atoms with Crippen molar-refractivity contribution in [1.82, 2.24) is 5.32 Å². The molecule has 0 spiro atoms. The number of rotatable bonds is 6. The van der Waals surface area contributed by atoms with Crippen molar-refractivity contribution in [1.29, 1.82) is 0 Å². The first kappa shape index (κ1) is 16.0. The van der Waals surface area contributed by atoms with Crippen LogP contribution in [-0.4, -0.2) is 20.1 Å². The summed E-state index contributed by atoms with van der Waals surface area (Å²) in [5.41, 5.74) is 0.921. The van der Waals surface area contributed by atoms with Crippen LogP contribution in [0.4, 0.5) is 0 Å². The second-order valence-electron chi connectivity index (χ2n) is 5.68. The molecule has 0 bridgehead atoms. The third-order valence-corrected chi connectivity index (χ3v) is 5.85. The Kier molecular flexibility index (Phi) is 5.39. The van der Waals surface area contributed by atoms with Crippen LogP contribution >= 0.6 is 0 Å². The Bertz CT molecular complexity index is 572. The molecule has 1 fully saturated rings. The lowest BCUT2D eigenvalue weighted by molar-refractivity contribution is -0.122. The molecular weight excluding hydrogens is 286 g/mol. The summed E-state index contributed by atoms with van der Waals surface area (Å²) < 4.78 is 23.4. The van der Waals surface area contributed by atoms with Crippen molar-refractivity contribution in [2.75, 3.05) is 5.75 Å². The van der Waals surface area contributed by atoms with Crippen molar-refractivity contribution in [3.05, 3.63) is 29.8 Å². The predicted octanol–water partition coefficient (Wildman–Crippen LogP) is 2.68. The minimum absolute atomic E-state index is 0.0900. The Morgan fingerprint density at radius 3 is 2.38 bits per heavy atom. The van der Waals surface area contributed by atoms with Crippen molar-refractivity contribution >= 4 is 15.7 Å². The lowest BCUT2D eigenvalue weighted by atomic mass is 10.0. The maximum absolute atomic E-state index is 11.8. The van der Waals surface area contributed by atoms with Crippen molar-refractivity contribution < 1.29 is 13.2 Å². The van der Waals surface area contributed by atoms with Crippen LogP contribution < -0.4 is 5.32 Å². The highest BCUT2D eigenvalue weighted by atomic mass is 32.2. The van der Waals surface area contributed by atoms with Gasteiger partial charge < -0.3 is 5.32 Å². The summed E-state index contributed by atoms with van der Waals surface area (Å²) in [6.45, 7) is 2.09. The zero-order valence-corrected chi connectivity index (χ0v) is 13.3. The van der Waals surface area contributed by atoms with E-state index in [0.29, 0.717) is 23.8 Å². The third kappa shape index (κ3) is 4.56. The minimum atomic E-state index is -3.15. The fourth-order valence-corrected chi connectivity index (χ4v) is 3.61. The number of hydrogen-bond donors (Lipinski definition) is 1. The van der Waals surface area contributed by atoms with Gasteiger partial charge in [0.2, 0.25) is 5.91 Å². The molecule has 4 nitrogen and oxygen atoms in total. The van der Waals surface area contributed by atoms with E-state index in [-0.39, 0.29) is 11.7 Å². The standard InChI is InChI=1S/C16H23NO3S/c1-2-21(19,20)15-9-7-14(8-10-15)12-17-16(18)11-13-5-3-4-6-13/h7-10,13H,2-6,11-12H2,1H3,(H,17,18). The Balaban J connectivity index is 1.84. The molecule has 0 radical (unpaired) electrons. The highest BCUT2D eigenvalue weighted by Gasteiger charge is 2.18.